The number of rotatable bonds is 7. The Morgan fingerprint density at radius 2 is 1.94 bits per heavy atom. The molecule has 0 radical (unpaired) electrons. The molecule has 1 aliphatic rings. The minimum atomic E-state index is -3.74. The van der Waals surface area contributed by atoms with E-state index in [-0.39, 0.29) is 30.0 Å². The van der Waals surface area contributed by atoms with Gasteiger partial charge < -0.3 is 9.73 Å². The standard InChI is InChI=1S/C21H24N4O4S2/c1-30-17-4-2-15(3-5-17)14-22-21(26)16-9-12-25(13-10-16)31(27,28)20-7-6-19(29-20)18-8-11-23-24-18/h2-8,11,16H,9-10,12-14H2,1H3,(H,22,26)(H,23,24). The molecule has 4 rings (SSSR count). The van der Waals surface area contributed by atoms with Crippen LogP contribution in [-0.4, -0.2) is 48.2 Å². The molecule has 1 amide bonds. The first-order chi connectivity index (χ1) is 15.0. The molecule has 0 saturated carbocycles. The van der Waals surface area contributed by atoms with Crippen molar-refractivity contribution in [1.82, 2.24) is 19.8 Å². The molecule has 0 unspecified atom stereocenters. The highest BCUT2D eigenvalue weighted by molar-refractivity contribution is 7.98. The van der Waals surface area contributed by atoms with Gasteiger partial charge in [0.25, 0.3) is 10.0 Å². The van der Waals surface area contributed by atoms with E-state index in [9.17, 15) is 13.2 Å². The number of piperidine rings is 1. The lowest BCUT2D eigenvalue weighted by Crippen LogP contribution is -2.42. The molecule has 0 bridgehead atoms. The molecule has 10 heteroatoms. The van der Waals surface area contributed by atoms with Crippen molar-refractivity contribution in [2.45, 2.75) is 29.4 Å². The summed E-state index contributed by atoms with van der Waals surface area (Å²) in [5.41, 5.74) is 1.65. The Balaban J connectivity index is 1.31. The summed E-state index contributed by atoms with van der Waals surface area (Å²) in [6, 6.07) is 12.8. The molecule has 1 aliphatic heterocycles. The maximum atomic E-state index is 12.9. The minimum absolute atomic E-state index is 0.0366. The summed E-state index contributed by atoms with van der Waals surface area (Å²) in [6.07, 6.45) is 4.55. The number of furan rings is 1. The van der Waals surface area contributed by atoms with Crippen LogP contribution < -0.4 is 5.32 Å². The number of hydrogen-bond donors (Lipinski definition) is 2. The van der Waals surface area contributed by atoms with Crippen molar-refractivity contribution in [2.75, 3.05) is 19.3 Å². The molecule has 2 aromatic heterocycles. The van der Waals surface area contributed by atoms with Gasteiger partial charge in [-0.3, -0.25) is 9.89 Å². The number of aromatic amines is 1. The average molecular weight is 461 g/mol. The number of carbonyl (C=O) groups excluding carboxylic acids is 1. The summed E-state index contributed by atoms with van der Waals surface area (Å²) < 4.78 is 32.8. The van der Waals surface area contributed by atoms with E-state index < -0.39 is 10.0 Å². The molecule has 31 heavy (non-hydrogen) atoms. The zero-order valence-corrected chi connectivity index (χ0v) is 18.7. The molecule has 1 aromatic carbocycles. The van der Waals surface area contributed by atoms with Crippen LogP contribution in [0.15, 0.2) is 63.1 Å². The number of nitrogens with zero attached hydrogens (tertiary/aromatic N) is 2. The molecular weight excluding hydrogens is 436 g/mol. The van der Waals surface area contributed by atoms with Gasteiger partial charge in [0.1, 0.15) is 5.69 Å². The SMILES string of the molecule is CSc1ccc(CNC(=O)C2CCN(S(=O)(=O)c3ccc(-c4ccn[nH]4)o3)CC2)cc1. The Bertz CT molecular complexity index is 1120. The van der Waals surface area contributed by atoms with E-state index in [4.69, 9.17) is 4.42 Å². The first-order valence-electron chi connectivity index (χ1n) is 9.98. The van der Waals surface area contributed by atoms with E-state index in [1.807, 2.05) is 30.5 Å². The van der Waals surface area contributed by atoms with Crippen LogP contribution in [0.5, 0.6) is 0 Å². The number of amides is 1. The molecular formula is C21H24N4O4S2. The molecule has 3 heterocycles. The molecule has 164 valence electrons. The quantitative estimate of drug-likeness (QED) is 0.525. The minimum Gasteiger partial charge on any atom is -0.442 e. The second kappa shape index (κ2) is 9.29. The fourth-order valence-electron chi connectivity index (χ4n) is 3.56. The van der Waals surface area contributed by atoms with Crippen LogP contribution in [0, 0.1) is 5.92 Å². The third-order valence-electron chi connectivity index (χ3n) is 5.39. The van der Waals surface area contributed by atoms with E-state index >= 15 is 0 Å². The van der Waals surface area contributed by atoms with Gasteiger partial charge in [0.15, 0.2) is 5.76 Å². The number of sulfonamides is 1. The van der Waals surface area contributed by atoms with Gasteiger partial charge in [-0.25, -0.2) is 8.42 Å². The topological polar surface area (TPSA) is 108 Å². The number of benzene rings is 1. The Hall–Kier alpha value is -2.56. The molecule has 0 atom stereocenters. The fraction of sp³-hybridized carbons (Fsp3) is 0.333. The van der Waals surface area contributed by atoms with Crippen LogP contribution in [0.4, 0.5) is 0 Å². The van der Waals surface area contributed by atoms with Gasteiger partial charge in [-0.15, -0.1) is 11.8 Å². The molecule has 0 spiro atoms. The van der Waals surface area contributed by atoms with Crippen LogP contribution in [0.3, 0.4) is 0 Å². The van der Waals surface area contributed by atoms with Gasteiger partial charge in [-0.05, 0) is 55.0 Å². The van der Waals surface area contributed by atoms with Crippen molar-refractivity contribution in [3.8, 4) is 11.5 Å². The number of hydrogen-bond acceptors (Lipinski definition) is 6. The van der Waals surface area contributed by atoms with Crippen LogP contribution in [0.2, 0.25) is 0 Å². The van der Waals surface area contributed by atoms with Gasteiger partial charge in [0.2, 0.25) is 11.0 Å². The predicted molar refractivity (Wildman–Crippen MR) is 118 cm³/mol. The molecule has 8 nitrogen and oxygen atoms in total. The third kappa shape index (κ3) is 4.86. The third-order valence-corrected chi connectivity index (χ3v) is 7.91. The van der Waals surface area contributed by atoms with Gasteiger partial charge in [-0.1, -0.05) is 12.1 Å². The Kier molecular flexibility index (Phi) is 6.49. The number of aromatic nitrogens is 2. The highest BCUT2D eigenvalue weighted by Gasteiger charge is 2.34. The number of carbonyl (C=O) groups is 1. The summed E-state index contributed by atoms with van der Waals surface area (Å²) in [5, 5.41) is 9.46. The summed E-state index contributed by atoms with van der Waals surface area (Å²) in [4.78, 5) is 13.7. The van der Waals surface area contributed by atoms with E-state index in [2.05, 4.69) is 15.5 Å². The number of nitrogens with one attached hydrogen (secondary N) is 2. The van der Waals surface area contributed by atoms with Crippen molar-refractivity contribution in [2.24, 2.45) is 5.92 Å². The van der Waals surface area contributed by atoms with Crippen LogP contribution in [0.1, 0.15) is 18.4 Å². The molecule has 1 saturated heterocycles. The average Bonchev–Trinajstić information content (AvgIpc) is 3.50. The van der Waals surface area contributed by atoms with Crippen LogP contribution in [0.25, 0.3) is 11.5 Å². The van der Waals surface area contributed by atoms with Gasteiger partial charge >= 0.3 is 0 Å². The Labute approximate surface area is 185 Å². The predicted octanol–water partition coefficient (Wildman–Crippen LogP) is 3.11. The van der Waals surface area contributed by atoms with Crippen molar-refractivity contribution in [1.29, 1.82) is 0 Å². The van der Waals surface area contributed by atoms with Crippen molar-refractivity contribution in [3.05, 3.63) is 54.2 Å². The molecule has 1 fully saturated rings. The van der Waals surface area contributed by atoms with E-state index in [1.165, 1.54) is 15.3 Å². The lowest BCUT2D eigenvalue weighted by atomic mass is 9.97. The first kappa shape index (κ1) is 21.7. The largest absolute Gasteiger partial charge is 0.442 e. The lowest BCUT2D eigenvalue weighted by Gasteiger charge is -2.29. The second-order valence-electron chi connectivity index (χ2n) is 7.33. The summed E-state index contributed by atoms with van der Waals surface area (Å²) >= 11 is 1.67. The van der Waals surface area contributed by atoms with Gasteiger partial charge in [0, 0.05) is 36.6 Å². The maximum absolute atomic E-state index is 12.9. The highest BCUT2D eigenvalue weighted by Crippen LogP contribution is 2.28. The summed E-state index contributed by atoms with van der Waals surface area (Å²) in [5.74, 6) is 0.176. The number of thioether (sulfide) groups is 1. The summed E-state index contributed by atoms with van der Waals surface area (Å²) in [6.45, 7) is 1.03. The Morgan fingerprint density at radius 1 is 1.19 bits per heavy atom. The molecule has 2 N–H and O–H groups in total. The number of H-pyrrole nitrogens is 1. The van der Waals surface area contributed by atoms with Gasteiger partial charge in [-0.2, -0.15) is 9.40 Å². The van der Waals surface area contributed by atoms with E-state index in [0.29, 0.717) is 30.8 Å². The molecule has 0 aliphatic carbocycles. The monoisotopic (exact) mass is 460 g/mol. The highest BCUT2D eigenvalue weighted by atomic mass is 32.2. The maximum Gasteiger partial charge on any atom is 0.276 e. The van der Waals surface area contributed by atoms with Crippen LogP contribution >= 0.6 is 11.8 Å². The second-order valence-corrected chi connectivity index (χ2v) is 10.1. The van der Waals surface area contributed by atoms with E-state index in [0.717, 1.165) is 5.56 Å². The smallest absolute Gasteiger partial charge is 0.276 e. The molecule has 3 aromatic rings. The van der Waals surface area contributed by atoms with E-state index in [1.54, 1.807) is 30.1 Å². The normalized spacial score (nSPS) is 15.8. The van der Waals surface area contributed by atoms with Crippen molar-refractivity contribution in [3.63, 3.8) is 0 Å². The Morgan fingerprint density at radius 3 is 2.58 bits per heavy atom. The zero-order valence-electron chi connectivity index (χ0n) is 17.1. The van der Waals surface area contributed by atoms with Crippen LogP contribution in [-0.2, 0) is 21.4 Å². The lowest BCUT2D eigenvalue weighted by molar-refractivity contribution is -0.126. The summed E-state index contributed by atoms with van der Waals surface area (Å²) in [7, 11) is -3.74. The first-order valence-corrected chi connectivity index (χ1v) is 12.6. The fourth-order valence-corrected chi connectivity index (χ4v) is 5.35. The van der Waals surface area contributed by atoms with Crippen molar-refractivity contribution >= 4 is 27.7 Å². The zero-order chi connectivity index (χ0) is 21.8. The van der Waals surface area contributed by atoms with Crippen molar-refractivity contribution < 1.29 is 17.6 Å². The van der Waals surface area contributed by atoms with Gasteiger partial charge in [0.05, 0.1) is 0 Å².